The van der Waals surface area contributed by atoms with Crippen molar-refractivity contribution in [2.75, 3.05) is 26.2 Å². The molecule has 2 aliphatic rings. The average molecular weight is 370 g/mol. The highest BCUT2D eigenvalue weighted by molar-refractivity contribution is 5.87. The van der Waals surface area contributed by atoms with E-state index < -0.39 is 22.2 Å². The van der Waals surface area contributed by atoms with Crippen LogP contribution >= 0.6 is 0 Å². The second-order valence-corrected chi connectivity index (χ2v) is 9.82. The Bertz CT molecular complexity index is 548. The molecule has 0 atom stereocenters. The number of carbonyl (C=O) groups is 2. The maximum absolute atomic E-state index is 12.8. The van der Waals surface area contributed by atoms with Crippen molar-refractivity contribution in [1.82, 2.24) is 19.9 Å². The molecular weight excluding hydrogens is 336 g/mol. The van der Waals surface area contributed by atoms with Crippen molar-refractivity contribution in [3.63, 3.8) is 0 Å². The molecule has 0 aliphatic carbocycles. The highest BCUT2D eigenvalue weighted by atomic mass is 16.5. The third kappa shape index (κ3) is 3.24. The Morgan fingerprint density at radius 2 is 0.962 bits per heavy atom. The van der Waals surface area contributed by atoms with Crippen LogP contribution in [0.4, 0.5) is 0 Å². The smallest absolute Gasteiger partial charge is 0.245 e. The molecular formula is C18H34N4O4. The predicted molar refractivity (Wildman–Crippen MR) is 96.7 cm³/mol. The lowest BCUT2D eigenvalue weighted by molar-refractivity contribution is -0.251. The Morgan fingerprint density at radius 3 is 1.23 bits per heavy atom. The van der Waals surface area contributed by atoms with E-state index in [1.807, 2.05) is 27.7 Å². The van der Waals surface area contributed by atoms with Crippen molar-refractivity contribution in [3.8, 4) is 0 Å². The van der Waals surface area contributed by atoms with Gasteiger partial charge in [-0.05, 0) is 55.4 Å². The van der Waals surface area contributed by atoms with Crippen LogP contribution in [0.15, 0.2) is 0 Å². The molecule has 2 rings (SSSR count). The van der Waals surface area contributed by atoms with Crippen LogP contribution in [0, 0.1) is 0 Å². The highest BCUT2D eigenvalue weighted by Crippen LogP contribution is 2.33. The zero-order chi connectivity index (χ0) is 20.3. The van der Waals surface area contributed by atoms with Gasteiger partial charge >= 0.3 is 0 Å². The molecule has 0 unspecified atom stereocenters. The molecule has 0 aromatic heterocycles. The fourth-order valence-electron chi connectivity index (χ4n) is 4.28. The molecule has 2 aliphatic heterocycles. The van der Waals surface area contributed by atoms with Gasteiger partial charge in [0.15, 0.2) is 0 Å². The van der Waals surface area contributed by atoms with E-state index in [4.69, 9.17) is 0 Å². The van der Waals surface area contributed by atoms with Gasteiger partial charge in [-0.2, -0.15) is 10.1 Å². The molecule has 8 heteroatoms. The summed E-state index contributed by atoms with van der Waals surface area (Å²) in [6, 6.07) is 0. The first kappa shape index (κ1) is 21.1. The fourth-order valence-corrected chi connectivity index (χ4v) is 4.28. The summed E-state index contributed by atoms with van der Waals surface area (Å²) < 4.78 is 0. The molecule has 0 spiro atoms. The number of hydroxylamine groups is 4. The number of hydrogen-bond donors (Lipinski definition) is 2. The van der Waals surface area contributed by atoms with Gasteiger partial charge in [0.1, 0.15) is 11.1 Å². The van der Waals surface area contributed by atoms with E-state index in [2.05, 4.69) is 0 Å². The van der Waals surface area contributed by atoms with Crippen LogP contribution in [-0.4, -0.2) is 90.5 Å². The summed E-state index contributed by atoms with van der Waals surface area (Å²) in [6.07, 6.45) is 0. The van der Waals surface area contributed by atoms with Crippen LogP contribution in [0.2, 0.25) is 0 Å². The van der Waals surface area contributed by atoms with E-state index in [1.54, 1.807) is 37.5 Å². The van der Waals surface area contributed by atoms with Gasteiger partial charge < -0.3 is 20.2 Å². The lowest BCUT2D eigenvalue weighted by atomic mass is 9.89. The molecule has 0 aromatic carbocycles. The van der Waals surface area contributed by atoms with E-state index in [0.29, 0.717) is 26.2 Å². The van der Waals surface area contributed by atoms with Crippen LogP contribution in [-0.2, 0) is 9.59 Å². The number of rotatable bonds is 3. The third-order valence-electron chi connectivity index (χ3n) is 5.62. The van der Waals surface area contributed by atoms with Crippen LogP contribution < -0.4 is 0 Å². The Kier molecular flexibility index (Phi) is 4.99. The largest absolute Gasteiger partial charge is 0.337 e. The average Bonchev–Trinajstić information content (AvgIpc) is 2.51. The molecule has 2 amide bonds. The Labute approximate surface area is 156 Å². The minimum Gasteiger partial charge on any atom is -0.337 e. The highest BCUT2D eigenvalue weighted by Gasteiger charge is 2.52. The molecule has 26 heavy (non-hydrogen) atoms. The second-order valence-electron chi connectivity index (χ2n) is 9.82. The van der Waals surface area contributed by atoms with Gasteiger partial charge in [-0.15, -0.1) is 0 Å². The summed E-state index contributed by atoms with van der Waals surface area (Å²) in [5.74, 6) is -0.322. The van der Waals surface area contributed by atoms with Gasteiger partial charge in [0, 0.05) is 26.2 Å². The number of carbonyl (C=O) groups excluding carboxylic acids is 2. The van der Waals surface area contributed by atoms with Crippen molar-refractivity contribution in [1.29, 1.82) is 0 Å². The Morgan fingerprint density at radius 1 is 0.692 bits per heavy atom. The van der Waals surface area contributed by atoms with Gasteiger partial charge in [0.2, 0.25) is 11.8 Å². The second kappa shape index (κ2) is 6.15. The van der Waals surface area contributed by atoms with E-state index in [0.717, 1.165) is 10.1 Å². The first-order valence-corrected chi connectivity index (χ1v) is 9.12. The van der Waals surface area contributed by atoms with Gasteiger partial charge in [0.25, 0.3) is 0 Å². The van der Waals surface area contributed by atoms with Gasteiger partial charge in [0.05, 0.1) is 11.1 Å². The molecule has 2 saturated heterocycles. The van der Waals surface area contributed by atoms with Crippen LogP contribution in [0.25, 0.3) is 0 Å². The number of nitrogens with zero attached hydrogens (tertiary/aromatic N) is 4. The van der Waals surface area contributed by atoms with Crippen molar-refractivity contribution < 1.29 is 20.0 Å². The summed E-state index contributed by atoms with van der Waals surface area (Å²) in [7, 11) is 0. The first-order chi connectivity index (χ1) is 11.5. The normalized spacial score (nSPS) is 28.5. The van der Waals surface area contributed by atoms with Crippen molar-refractivity contribution in [2.45, 2.75) is 77.5 Å². The molecule has 8 nitrogen and oxygen atoms in total. The van der Waals surface area contributed by atoms with Crippen LogP contribution in [0.3, 0.4) is 0 Å². The van der Waals surface area contributed by atoms with Gasteiger partial charge in [-0.3, -0.25) is 9.59 Å². The summed E-state index contributed by atoms with van der Waals surface area (Å²) in [5, 5.41) is 23.0. The maximum Gasteiger partial charge on any atom is 0.245 e. The third-order valence-corrected chi connectivity index (χ3v) is 5.62. The number of piperazine rings is 2. The molecule has 0 aromatic rings. The standard InChI is InChI=1S/C18H34N4O4/c1-15(2)11-19(13(23)17(5,6)21(15)25)9-10-20-12-16(3,4)22(26)18(7,8)14(20)24/h25-26H,9-12H2,1-8H3. The van der Waals surface area contributed by atoms with Crippen LogP contribution in [0.5, 0.6) is 0 Å². The zero-order valence-electron chi connectivity index (χ0n) is 17.3. The summed E-state index contributed by atoms with van der Waals surface area (Å²) >= 11 is 0. The molecule has 0 bridgehead atoms. The number of amides is 2. The molecule has 2 fully saturated rings. The summed E-state index contributed by atoms with van der Waals surface area (Å²) in [6.45, 7) is 15.9. The maximum atomic E-state index is 12.8. The lowest BCUT2D eigenvalue weighted by Crippen LogP contribution is -2.72. The van der Waals surface area contributed by atoms with Crippen molar-refractivity contribution >= 4 is 11.8 Å². The minimum atomic E-state index is -1.02. The topological polar surface area (TPSA) is 87.6 Å². The summed E-state index contributed by atoms with van der Waals surface area (Å²) in [4.78, 5) is 29.0. The molecule has 2 N–H and O–H groups in total. The van der Waals surface area contributed by atoms with E-state index in [9.17, 15) is 20.0 Å². The summed E-state index contributed by atoms with van der Waals surface area (Å²) in [5.41, 5.74) is -3.20. The van der Waals surface area contributed by atoms with Gasteiger partial charge in [-0.25, -0.2) is 0 Å². The van der Waals surface area contributed by atoms with Crippen molar-refractivity contribution in [3.05, 3.63) is 0 Å². The van der Waals surface area contributed by atoms with Crippen molar-refractivity contribution in [2.24, 2.45) is 0 Å². The molecule has 0 saturated carbocycles. The van der Waals surface area contributed by atoms with E-state index in [-0.39, 0.29) is 11.8 Å². The predicted octanol–water partition coefficient (Wildman–Crippen LogP) is 1.17. The SMILES string of the molecule is CC1(C)CN(CCN2CC(C)(C)N(O)C(C)(C)C2=O)C(=O)C(C)(C)N1O. The Balaban J connectivity index is 2.15. The first-order valence-electron chi connectivity index (χ1n) is 9.12. The molecule has 0 radical (unpaired) electrons. The monoisotopic (exact) mass is 370 g/mol. The Hall–Kier alpha value is -1.22. The van der Waals surface area contributed by atoms with E-state index in [1.165, 1.54) is 0 Å². The van der Waals surface area contributed by atoms with Gasteiger partial charge in [-0.1, -0.05) is 0 Å². The van der Waals surface area contributed by atoms with E-state index >= 15 is 0 Å². The minimum absolute atomic E-state index is 0.161. The number of hydrogen-bond acceptors (Lipinski definition) is 6. The lowest BCUT2D eigenvalue weighted by Gasteiger charge is -2.53. The fraction of sp³-hybridized carbons (Fsp3) is 0.889. The zero-order valence-corrected chi connectivity index (χ0v) is 17.3. The molecule has 150 valence electrons. The molecule has 2 heterocycles. The quantitative estimate of drug-likeness (QED) is 0.775. The van der Waals surface area contributed by atoms with Crippen LogP contribution in [0.1, 0.15) is 55.4 Å².